The molecule has 0 spiro atoms. The van der Waals surface area contributed by atoms with E-state index in [-0.39, 0.29) is 5.56 Å². The number of rotatable bonds is 16. The van der Waals surface area contributed by atoms with E-state index in [1.54, 1.807) is 42.5 Å². The Morgan fingerprint density at radius 2 is 1.19 bits per heavy atom. The summed E-state index contributed by atoms with van der Waals surface area (Å²) in [5.74, 6) is -3.25. The van der Waals surface area contributed by atoms with Crippen LogP contribution in [0.5, 0.6) is 0 Å². The second-order valence-electron chi connectivity index (χ2n) is 11.3. The van der Waals surface area contributed by atoms with Gasteiger partial charge in [-0.25, -0.2) is 4.79 Å². The lowest BCUT2D eigenvalue weighted by atomic mass is 9.94. The highest BCUT2D eigenvalue weighted by molar-refractivity contribution is 5.89. The molecule has 3 aromatic rings. The highest BCUT2D eigenvalue weighted by Gasteiger charge is 2.53. The van der Waals surface area contributed by atoms with Crippen molar-refractivity contribution in [3.8, 4) is 0 Å². The number of benzene rings is 3. The molecule has 0 bridgehead atoms. The molecule has 9 nitrogen and oxygen atoms in total. The molecule has 1 fully saturated rings. The van der Waals surface area contributed by atoms with Crippen molar-refractivity contribution >= 4 is 17.9 Å². The number of carbonyl (C=O) groups is 3. The Balaban J connectivity index is 1.68. The summed E-state index contributed by atoms with van der Waals surface area (Å²) in [4.78, 5) is 41.0. The van der Waals surface area contributed by atoms with Crippen molar-refractivity contribution < 1.29 is 43.2 Å². The van der Waals surface area contributed by atoms with Gasteiger partial charge in [-0.15, -0.1) is 13.2 Å². The maximum atomic E-state index is 13.9. The van der Waals surface area contributed by atoms with E-state index in [0.717, 1.165) is 11.1 Å². The van der Waals surface area contributed by atoms with Gasteiger partial charge in [-0.05, 0) is 48.9 Å². The zero-order valence-corrected chi connectivity index (χ0v) is 26.5. The molecule has 7 atom stereocenters. The second-order valence-corrected chi connectivity index (χ2v) is 11.3. The molecule has 0 aromatic heterocycles. The average molecular weight is 643 g/mol. The zero-order chi connectivity index (χ0) is 33.6. The van der Waals surface area contributed by atoms with Crippen LogP contribution in [-0.4, -0.2) is 67.4 Å². The Bertz CT molecular complexity index is 1440. The Labute approximate surface area is 275 Å². The molecule has 4 rings (SSSR count). The van der Waals surface area contributed by atoms with Gasteiger partial charge < -0.3 is 28.8 Å². The Morgan fingerprint density at radius 1 is 0.723 bits per heavy atom. The number of hydrogen-bond acceptors (Lipinski definition) is 9. The van der Waals surface area contributed by atoms with Crippen LogP contribution < -0.4 is 0 Å². The minimum absolute atomic E-state index is 0.235. The first-order valence-corrected chi connectivity index (χ1v) is 15.6. The lowest BCUT2D eigenvalue weighted by molar-refractivity contribution is -0.301. The van der Waals surface area contributed by atoms with E-state index in [1.807, 2.05) is 60.7 Å². The van der Waals surface area contributed by atoms with E-state index in [2.05, 4.69) is 13.2 Å². The van der Waals surface area contributed by atoms with Crippen LogP contribution in [0.3, 0.4) is 0 Å². The Kier molecular flexibility index (Phi) is 13.5. The number of aliphatic hydroxyl groups is 1. The van der Waals surface area contributed by atoms with E-state index < -0.39 is 67.1 Å². The van der Waals surface area contributed by atoms with Crippen LogP contribution in [0, 0.1) is 11.8 Å². The predicted molar refractivity (Wildman–Crippen MR) is 175 cm³/mol. The van der Waals surface area contributed by atoms with Gasteiger partial charge in [0.25, 0.3) is 0 Å². The molecule has 0 saturated carbocycles. The zero-order valence-electron chi connectivity index (χ0n) is 26.5. The normalized spacial score (nSPS) is 21.9. The van der Waals surface area contributed by atoms with Crippen molar-refractivity contribution in [2.75, 3.05) is 13.7 Å². The third-order valence-electron chi connectivity index (χ3n) is 7.98. The monoisotopic (exact) mass is 642 g/mol. The number of aliphatic hydroxyl groups excluding tert-OH is 1. The van der Waals surface area contributed by atoms with E-state index in [4.69, 9.17) is 23.7 Å². The summed E-state index contributed by atoms with van der Waals surface area (Å²) < 4.78 is 29.6. The van der Waals surface area contributed by atoms with Gasteiger partial charge in [-0.3, -0.25) is 9.59 Å². The van der Waals surface area contributed by atoms with Gasteiger partial charge in [-0.2, -0.15) is 0 Å². The summed E-state index contributed by atoms with van der Waals surface area (Å²) in [6, 6.07) is 27.2. The van der Waals surface area contributed by atoms with Crippen molar-refractivity contribution in [2.45, 2.75) is 56.4 Å². The summed E-state index contributed by atoms with van der Waals surface area (Å²) in [5, 5.41) is 10.3. The Morgan fingerprint density at radius 3 is 1.64 bits per heavy atom. The van der Waals surface area contributed by atoms with Crippen LogP contribution in [0.2, 0.25) is 0 Å². The highest BCUT2D eigenvalue weighted by atomic mass is 16.7. The van der Waals surface area contributed by atoms with Gasteiger partial charge in [0.15, 0.2) is 24.6 Å². The van der Waals surface area contributed by atoms with E-state index >= 15 is 0 Å². The third kappa shape index (κ3) is 9.71. The van der Waals surface area contributed by atoms with Gasteiger partial charge in [0.2, 0.25) is 0 Å². The summed E-state index contributed by atoms with van der Waals surface area (Å²) >= 11 is 0. The van der Waals surface area contributed by atoms with E-state index in [1.165, 1.54) is 7.11 Å². The fraction of sp³-hybridized carbons (Fsp3) is 0.342. The summed E-state index contributed by atoms with van der Waals surface area (Å²) in [6.07, 6.45) is -1.93. The Hall–Kier alpha value is -4.57. The molecule has 3 aromatic carbocycles. The second kappa shape index (κ2) is 17.9. The van der Waals surface area contributed by atoms with Crippen LogP contribution in [0.15, 0.2) is 116 Å². The standard InChI is InChI=1S/C38H42O9/c1-4-15-29(23-26-17-9-6-10-18-26)36(41)46-33-32(45-35(40)28-21-13-8-14-22-28)31(25-39)44-38(43-3)34(33)47-37(42)30(16-5-2)24-27-19-11-7-12-20-27/h4-14,17-22,29-34,38-39H,1-2,15-16,23-25H2,3H3/t29-,30-,31-,32-,33+,34-,38+/m1/s1. The molecule has 0 radical (unpaired) electrons. The molecule has 47 heavy (non-hydrogen) atoms. The van der Waals surface area contributed by atoms with Gasteiger partial charge in [0.05, 0.1) is 24.0 Å². The topological polar surface area (TPSA) is 118 Å². The average Bonchev–Trinajstić information content (AvgIpc) is 3.10. The first kappa shape index (κ1) is 35.3. The van der Waals surface area contributed by atoms with E-state index in [0.29, 0.717) is 25.7 Å². The molecule has 1 aliphatic heterocycles. The van der Waals surface area contributed by atoms with Crippen LogP contribution >= 0.6 is 0 Å². The maximum absolute atomic E-state index is 13.9. The van der Waals surface area contributed by atoms with Crippen molar-refractivity contribution in [1.29, 1.82) is 0 Å². The molecule has 248 valence electrons. The largest absolute Gasteiger partial charge is 0.454 e. The lowest BCUT2D eigenvalue weighted by Gasteiger charge is -2.44. The molecular formula is C38H42O9. The number of carbonyl (C=O) groups excluding carboxylic acids is 3. The smallest absolute Gasteiger partial charge is 0.338 e. The SMILES string of the molecule is C=CC[C@H](Cc1ccccc1)C(=O)O[C@@H]1[C@@H](OC(=O)[C@H](CC=C)Cc2ccccc2)[C@@H](OC)O[C@H](CO)[C@H]1OC(=O)c1ccccc1. The quantitative estimate of drug-likeness (QED) is 0.127. The minimum Gasteiger partial charge on any atom is -0.454 e. The minimum atomic E-state index is -1.39. The molecule has 1 aliphatic rings. The first-order chi connectivity index (χ1) is 22.9. The van der Waals surface area contributed by atoms with Crippen LogP contribution in [0.25, 0.3) is 0 Å². The fourth-order valence-electron chi connectivity index (χ4n) is 5.57. The summed E-state index contributed by atoms with van der Waals surface area (Å²) in [6.45, 7) is 7.01. The summed E-state index contributed by atoms with van der Waals surface area (Å²) in [5.41, 5.74) is 2.07. The van der Waals surface area contributed by atoms with Gasteiger partial charge >= 0.3 is 17.9 Å². The highest BCUT2D eigenvalue weighted by Crippen LogP contribution is 2.32. The van der Waals surface area contributed by atoms with E-state index in [9.17, 15) is 19.5 Å². The molecule has 0 unspecified atom stereocenters. The molecule has 9 heteroatoms. The van der Waals surface area contributed by atoms with Gasteiger partial charge in [-0.1, -0.05) is 91.0 Å². The lowest BCUT2D eigenvalue weighted by Crippen LogP contribution is -2.63. The number of methoxy groups -OCH3 is 1. The summed E-state index contributed by atoms with van der Waals surface area (Å²) in [7, 11) is 1.34. The maximum Gasteiger partial charge on any atom is 0.338 e. The van der Waals surface area contributed by atoms with Crippen LogP contribution in [-0.2, 0) is 46.1 Å². The molecule has 1 saturated heterocycles. The van der Waals surface area contributed by atoms with Crippen molar-refractivity contribution in [1.82, 2.24) is 0 Å². The molecular weight excluding hydrogens is 600 g/mol. The van der Waals surface area contributed by atoms with Crippen LogP contribution in [0.1, 0.15) is 34.3 Å². The van der Waals surface area contributed by atoms with Crippen molar-refractivity contribution in [3.63, 3.8) is 0 Å². The fourth-order valence-corrected chi connectivity index (χ4v) is 5.57. The third-order valence-corrected chi connectivity index (χ3v) is 7.98. The van der Waals surface area contributed by atoms with Crippen molar-refractivity contribution in [3.05, 3.63) is 133 Å². The molecule has 1 heterocycles. The van der Waals surface area contributed by atoms with Gasteiger partial charge in [0, 0.05) is 7.11 Å². The van der Waals surface area contributed by atoms with Crippen molar-refractivity contribution in [2.24, 2.45) is 11.8 Å². The van der Waals surface area contributed by atoms with Crippen LogP contribution in [0.4, 0.5) is 0 Å². The number of ether oxygens (including phenoxy) is 5. The molecule has 0 amide bonds. The predicted octanol–water partition coefficient (Wildman–Crippen LogP) is 5.27. The first-order valence-electron chi connectivity index (χ1n) is 15.6. The molecule has 0 aliphatic carbocycles. The molecule has 1 N–H and O–H groups in total. The number of esters is 3. The number of allylic oxidation sites excluding steroid dienone is 2. The number of hydrogen-bond donors (Lipinski definition) is 1. The van der Waals surface area contributed by atoms with Gasteiger partial charge in [0.1, 0.15) is 6.10 Å².